The van der Waals surface area contributed by atoms with Crippen LogP contribution in [0.3, 0.4) is 0 Å². The van der Waals surface area contributed by atoms with Crippen LogP contribution in [0.2, 0.25) is 0 Å². The Morgan fingerprint density at radius 1 is 1.00 bits per heavy atom. The summed E-state index contributed by atoms with van der Waals surface area (Å²) in [4.78, 5) is 14.9. The lowest BCUT2D eigenvalue weighted by molar-refractivity contribution is -0.487. The number of ether oxygens (including phenoxy) is 1. The molecule has 0 N–H and O–H groups in total. The van der Waals surface area contributed by atoms with E-state index in [2.05, 4.69) is 19.9 Å². The number of benzene rings is 1. The van der Waals surface area contributed by atoms with Gasteiger partial charge >= 0.3 is 0 Å². The topological polar surface area (TPSA) is 77.2 Å². The zero-order chi connectivity index (χ0) is 26.5. The predicted molar refractivity (Wildman–Crippen MR) is 135 cm³/mol. The smallest absolute Gasteiger partial charge is 0.225 e. The van der Waals surface area contributed by atoms with Crippen LogP contribution >= 0.6 is 0 Å². The van der Waals surface area contributed by atoms with Gasteiger partial charge in [0.05, 0.1) is 6.61 Å². The highest BCUT2D eigenvalue weighted by Crippen LogP contribution is 2.30. The molecule has 1 aliphatic rings. The van der Waals surface area contributed by atoms with Gasteiger partial charge < -0.3 is 14.8 Å². The lowest BCUT2D eigenvalue weighted by Crippen LogP contribution is -2.36. The fraction of sp³-hybridized carbons (Fsp3) is 0.407. The first-order valence-electron chi connectivity index (χ1n) is 12.4. The summed E-state index contributed by atoms with van der Waals surface area (Å²) >= 11 is 0. The maximum Gasteiger partial charge on any atom is 0.225 e. The minimum atomic E-state index is -0.876. The molecule has 10 heteroatoms. The van der Waals surface area contributed by atoms with E-state index < -0.39 is 23.2 Å². The molecule has 3 aromatic rings. The highest BCUT2D eigenvalue weighted by atomic mass is 19.1. The highest BCUT2D eigenvalue weighted by molar-refractivity contribution is 5.75. The quantitative estimate of drug-likeness (QED) is 0.179. The third kappa shape index (κ3) is 6.36. The first-order valence-corrected chi connectivity index (χ1v) is 12.4. The van der Waals surface area contributed by atoms with Gasteiger partial charge in [-0.25, -0.2) is 32.9 Å². The molecular formula is C27H30F3N5O2. The van der Waals surface area contributed by atoms with E-state index in [4.69, 9.17) is 4.74 Å². The number of nitrogens with zero attached hydrogens (tertiary/aromatic N) is 5. The molecule has 0 atom stereocenters. The van der Waals surface area contributed by atoms with Gasteiger partial charge in [-0.1, -0.05) is 6.92 Å². The van der Waals surface area contributed by atoms with Crippen LogP contribution in [0.25, 0.3) is 11.1 Å². The van der Waals surface area contributed by atoms with Crippen molar-refractivity contribution in [1.29, 1.82) is 0 Å². The van der Waals surface area contributed by atoms with Crippen molar-refractivity contribution in [2.45, 2.75) is 46.1 Å². The van der Waals surface area contributed by atoms with Gasteiger partial charge in [0.1, 0.15) is 0 Å². The number of pyridine rings is 1. The van der Waals surface area contributed by atoms with E-state index in [0.717, 1.165) is 62.3 Å². The van der Waals surface area contributed by atoms with Crippen LogP contribution in [0.4, 0.5) is 19.1 Å². The van der Waals surface area contributed by atoms with E-state index in [1.807, 2.05) is 19.3 Å². The van der Waals surface area contributed by atoms with Gasteiger partial charge in [-0.3, -0.25) is 0 Å². The molecule has 1 saturated heterocycles. The van der Waals surface area contributed by atoms with Crippen molar-refractivity contribution in [2.75, 3.05) is 24.6 Å². The molecule has 196 valence electrons. The van der Waals surface area contributed by atoms with Crippen molar-refractivity contribution >= 4 is 12.2 Å². The van der Waals surface area contributed by atoms with Crippen molar-refractivity contribution in [2.24, 2.45) is 5.92 Å². The van der Waals surface area contributed by atoms with Gasteiger partial charge in [0.25, 0.3) is 0 Å². The monoisotopic (exact) mass is 513 g/mol. The number of anilines is 1. The Morgan fingerprint density at radius 2 is 1.62 bits per heavy atom. The minimum Gasteiger partial charge on any atom is -0.624 e. The largest absolute Gasteiger partial charge is 0.624 e. The van der Waals surface area contributed by atoms with E-state index in [1.165, 1.54) is 6.20 Å². The van der Waals surface area contributed by atoms with Crippen LogP contribution in [0.5, 0.6) is 5.75 Å². The number of aromatic nitrogens is 3. The number of piperidine rings is 1. The summed E-state index contributed by atoms with van der Waals surface area (Å²) in [5.74, 6) is -2.15. The maximum absolute atomic E-state index is 14.8. The first-order chi connectivity index (χ1) is 17.7. The van der Waals surface area contributed by atoms with Crippen molar-refractivity contribution in [1.82, 2.24) is 15.0 Å². The standard InChI is InChI=1S/C27H30F3N5O2/c1-4-18-12-32-27(33-13-18)34-7-5-19(6-8-34)16-37-26-23(29)9-20(10-24(26)30)21-11-22(28)25(31-14-21)15-35(36)17(2)3/h9-15,17,19H,4-8,16H2,1-3H3/b35-15+. The van der Waals surface area contributed by atoms with Gasteiger partial charge in [-0.05, 0) is 68.4 Å². The van der Waals surface area contributed by atoms with Crippen LogP contribution in [-0.2, 0) is 6.42 Å². The van der Waals surface area contributed by atoms with E-state index >= 15 is 0 Å². The second-order valence-electron chi connectivity index (χ2n) is 9.43. The van der Waals surface area contributed by atoms with Crippen molar-refractivity contribution in [3.63, 3.8) is 0 Å². The Bertz CT molecular complexity index is 1240. The van der Waals surface area contributed by atoms with Crippen LogP contribution in [0.15, 0.2) is 36.8 Å². The summed E-state index contributed by atoms with van der Waals surface area (Å²) in [6.07, 6.45) is 8.42. The molecule has 0 unspecified atom stereocenters. The summed E-state index contributed by atoms with van der Waals surface area (Å²) in [7, 11) is 0. The molecule has 3 heterocycles. The molecule has 0 spiro atoms. The van der Waals surface area contributed by atoms with Gasteiger partial charge in [0.15, 0.2) is 34.9 Å². The van der Waals surface area contributed by atoms with E-state index in [1.54, 1.807) is 13.8 Å². The highest BCUT2D eigenvalue weighted by Gasteiger charge is 2.23. The van der Waals surface area contributed by atoms with Gasteiger partial charge in [0, 0.05) is 37.2 Å². The van der Waals surface area contributed by atoms with Gasteiger partial charge in [-0.15, -0.1) is 0 Å². The lowest BCUT2D eigenvalue weighted by Gasteiger charge is -2.31. The third-order valence-corrected chi connectivity index (χ3v) is 6.42. The average Bonchev–Trinajstić information content (AvgIpc) is 2.89. The molecule has 7 nitrogen and oxygen atoms in total. The van der Waals surface area contributed by atoms with Crippen LogP contribution < -0.4 is 9.64 Å². The van der Waals surface area contributed by atoms with Gasteiger partial charge in [-0.2, -0.15) is 0 Å². The molecule has 1 aliphatic heterocycles. The normalized spacial score (nSPS) is 14.9. The van der Waals surface area contributed by atoms with E-state index in [-0.39, 0.29) is 35.4 Å². The second kappa shape index (κ2) is 11.6. The lowest BCUT2D eigenvalue weighted by atomic mass is 9.98. The molecule has 0 aliphatic carbocycles. The fourth-order valence-corrected chi connectivity index (χ4v) is 4.03. The summed E-state index contributed by atoms with van der Waals surface area (Å²) < 4.78 is 50.1. The Hall–Kier alpha value is -3.69. The summed E-state index contributed by atoms with van der Waals surface area (Å²) in [5, 5.41) is 11.8. The SMILES string of the molecule is CCc1cnc(N2CCC(COc3c(F)cc(-c4cnc(/C=[N+](/[O-])C(C)C)c(F)c4)cc3F)CC2)nc1. The first kappa shape index (κ1) is 26.4. The zero-order valence-corrected chi connectivity index (χ0v) is 21.1. The molecule has 0 saturated carbocycles. The molecular weight excluding hydrogens is 483 g/mol. The maximum atomic E-state index is 14.8. The Labute approximate surface area is 214 Å². The van der Waals surface area contributed by atoms with Crippen molar-refractivity contribution in [3.8, 4) is 16.9 Å². The van der Waals surface area contributed by atoms with Crippen LogP contribution in [0.1, 0.15) is 44.9 Å². The van der Waals surface area contributed by atoms with Crippen molar-refractivity contribution in [3.05, 3.63) is 70.7 Å². The molecule has 0 bridgehead atoms. The van der Waals surface area contributed by atoms with Gasteiger partial charge in [0.2, 0.25) is 12.2 Å². The molecule has 37 heavy (non-hydrogen) atoms. The zero-order valence-electron chi connectivity index (χ0n) is 21.1. The number of aryl methyl sites for hydroxylation is 1. The predicted octanol–water partition coefficient (Wildman–Crippen LogP) is 5.15. The second-order valence-corrected chi connectivity index (χ2v) is 9.43. The van der Waals surface area contributed by atoms with E-state index in [0.29, 0.717) is 10.7 Å². The summed E-state index contributed by atoms with van der Waals surface area (Å²) in [6, 6.07) is 2.89. The Balaban J connectivity index is 1.38. The molecule has 0 radical (unpaired) electrons. The molecule has 0 amide bonds. The molecule has 1 fully saturated rings. The molecule has 2 aromatic heterocycles. The summed E-state index contributed by atoms with van der Waals surface area (Å²) in [6.45, 7) is 7.02. The fourth-order valence-electron chi connectivity index (χ4n) is 4.03. The van der Waals surface area contributed by atoms with Crippen LogP contribution in [-0.4, -0.2) is 51.6 Å². The third-order valence-electron chi connectivity index (χ3n) is 6.42. The number of hydroxylamine groups is 1. The number of hydrogen-bond donors (Lipinski definition) is 0. The summed E-state index contributed by atoms with van der Waals surface area (Å²) in [5.41, 5.74) is 1.23. The molecule has 4 rings (SSSR count). The Kier molecular flexibility index (Phi) is 8.25. The number of hydrogen-bond acceptors (Lipinski definition) is 6. The molecule has 1 aromatic carbocycles. The van der Waals surface area contributed by atoms with E-state index in [9.17, 15) is 18.4 Å². The number of rotatable bonds is 8. The minimum absolute atomic E-state index is 0.116. The number of halogens is 3. The van der Waals surface area contributed by atoms with Crippen molar-refractivity contribution < 1.29 is 22.6 Å². The Morgan fingerprint density at radius 3 is 2.19 bits per heavy atom. The average molecular weight is 514 g/mol. The van der Waals surface area contributed by atoms with Crippen LogP contribution in [0, 0.1) is 28.6 Å².